The molecule has 0 aliphatic heterocycles. The summed E-state index contributed by atoms with van der Waals surface area (Å²) in [4.78, 5) is 11.1. The lowest BCUT2D eigenvalue weighted by molar-refractivity contribution is 0.619. The lowest BCUT2D eigenvalue weighted by Gasteiger charge is -2.09. The molecule has 2 rings (SSSR count). The van der Waals surface area contributed by atoms with Gasteiger partial charge in [0.1, 0.15) is 0 Å². The number of rotatable bonds is 4. The molecule has 2 heterocycles. The summed E-state index contributed by atoms with van der Waals surface area (Å²) in [5.41, 5.74) is 8.02. The van der Waals surface area contributed by atoms with Gasteiger partial charge in [-0.25, -0.2) is 9.97 Å². The van der Waals surface area contributed by atoms with Gasteiger partial charge in [-0.1, -0.05) is 0 Å². The molecule has 80 valence electrons. The number of nitrogens with zero attached hydrogens (tertiary/aromatic N) is 3. The van der Waals surface area contributed by atoms with Gasteiger partial charge in [0.15, 0.2) is 0 Å². The molecule has 0 aliphatic rings. The van der Waals surface area contributed by atoms with Gasteiger partial charge < -0.3 is 15.3 Å². The van der Waals surface area contributed by atoms with E-state index in [1.54, 1.807) is 6.33 Å². The van der Waals surface area contributed by atoms with Crippen LogP contribution in [0.5, 0.6) is 0 Å². The van der Waals surface area contributed by atoms with E-state index in [9.17, 15) is 0 Å². The second kappa shape index (κ2) is 4.27. The predicted octanol–water partition coefficient (Wildman–Crippen LogP) is 0.869. The van der Waals surface area contributed by atoms with Crippen LogP contribution in [-0.2, 0) is 13.0 Å². The Labute approximate surface area is 88.4 Å². The SMILES string of the molecule is CC(N)c1cncn1CCc1cnc[nH]1. The second-order valence-electron chi connectivity index (χ2n) is 3.63. The van der Waals surface area contributed by atoms with Crippen molar-refractivity contribution >= 4 is 0 Å². The summed E-state index contributed by atoms with van der Waals surface area (Å²) in [6.07, 6.45) is 8.07. The third kappa shape index (κ3) is 2.24. The van der Waals surface area contributed by atoms with Gasteiger partial charge >= 0.3 is 0 Å². The van der Waals surface area contributed by atoms with Gasteiger partial charge in [0.2, 0.25) is 0 Å². The van der Waals surface area contributed by atoms with Gasteiger partial charge in [-0.05, 0) is 6.92 Å². The highest BCUT2D eigenvalue weighted by molar-refractivity contribution is 5.04. The number of imidazole rings is 2. The maximum Gasteiger partial charge on any atom is 0.0948 e. The normalized spacial score (nSPS) is 12.9. The van der Waals surface area contributed by atoms with Crippen LogP contribution in [0.15, 0.2) is 25.0 Å². The van der Waals surface area contributed by atoms with Crippen molar-refractivity contribution in [2.45, 2.75) is 25.9 Å². The number of hydrogen-bond donors (Lipinski definition) is 2. The van der Waals surface area contributed by atoms with Crippen LogP contribution < -0.4 is 5.73 Å². The Kier molecular flexibility index (Phi) is 2.82. The first-order chi connectivity index (χ1) is 7.27. The fraction of sp³-hybridized carbons (Fsp3) is 0.400. The van der Waals surface area contributed by atoms with Crippen LogP contribution in [0, 0.1) is 0 Å². The summed E-state index contributed by atoms with van der Waals surface area (Å²) in [5.74, 6) is 0. The largest absolute Gasteiger partial charge is 0.348 e. The average Bonchev–Trinajstić information content (AvgIpc) is 2.86. The summed E-state index contributed by atoms with van der Waals surface area (Å²) in [5, 5.41) is 0. The van der Waals surface area contributed by atoms with E-state index >= 15 is 0 Å². The molecule has 2 aromatic rings. The van der Waals surface area contributed by atoms with E-state index in [1.807, 2.05) is 25.6 Å². The molecule has 0 aromatic carbocycles. The van der Waals surface area contributed by atoms with Crippen LogP contribution in [-0.4, -0.2) is 19.5 Å². The Balaban J connectivity index is 2.02. The lowest BCUT2D eigenvalue weighted by Crippen LogP contribution is -2.12. The highest BCUT2D eigenvalue weighted by atomic mass is 15.1. The number of hydrogen-bond acceptors (Lipinski definition) is 3. The summed E-state index contributed by atoms with van der Waals surface area (Å²) >= 11 is 0. The maximum absolute atomic E-state index is 5.83. The lowest BCUT2D eigenvalue weighted by atomic mass is 10.2. The molecule has 0 aliphatic carbocycles. The molecule has 0 amide bonds. The van der Waals surface area contributed by atoms with E-state index < -0.39 is 0 Å². The Morgan fingerprint density at radius 2 is 2.33 bits per heavy atom. The molecule has 0 saturated carbocycles. The molecule has 0 fully saturated rings. The van der Waals surface area contributed by atoms with Crippen molar-refractivity contribution < 1.29 is 0 Å². The van der Waals surface area contributed by atoms with Crippen LogP contribution in [0.4, 0.5) is 0 Å². The number of nitrogens with two attached hydrogens (primary N) is 1. The molecule has 0 saturated heterocycles. The van der Waals surface area contributed by atoms with Crippen molar-refractivity contribution in [3.8, 4) is 0 Å². The molecule has 2 aromatic heterocycles. The maximum atomic E-state index is 5.83. The number of aromatic amines is 1. The Bertz CT molecular complexity index is 401. The van der Waals surface area contributed by atoms with Crippen LogP contribution >= 0.6 is 0 Å². The van der Waals surface area contributed by atoms with Crippen molar-refractivity contribution in [1.82, 2.24) is 19.5 Å². The molecule has 0 spiro atoms. The molecule has 5 nitrogen and oxygen atoms in total. The quantitative estimate of drug-likeness (QED) is 0.777. The van der Waals surface area contributed by atoms with E-state index in [2.05, 4.69) is 19.5 Å². The van der Waals surface area contributed by atoms with Gasteiger partial charge in [-0.15, -0.1) is 0 Å². The first kappa shape index (κ1) is 9.92. The van der Waals surface area contributed by atoms with Crippen molar-refractivity contribution in [2.24, 2.45) is 5.73 Å². The van der Waals surface area contributed by atoms with Gasteiger partial charge in [-0.3, -0.25) is 0 Å². The second-order valence-corrected chi connectivity index (χ2v) is 3.63. The van der Waals surface area contributed by atoms with Gasteiger partial charge in [0.25, 0.3) is 0 Å². The standard InChI is InChI=1S/C10H15N5/c1-8(11)10-5-13-7-15(10)3-2-9-4-12-6-14-9/h4-8H,2-3,11H2,1H3,(H,12,14). The van der Waals surface area contributed by atoms with Crippen molar-refractivity contribution in [3.63, 3.8) is 0 Å². The van der Waals surface area contributed by atoms with E-state index in [0.29, 0.717) is 0 Å². The van der Waals surface area contributed by atoms with Crippen molar-refractivity contribution in [1.29, 1.82) is 0 Å². The average molecular weight is 205 g/mol. The molecule has 5 heteroatoms. The highest BCUT2D eigenvalue weighted by Crippen LogP contribution is 2.09. The minimum Gasteiger partial charge on any atom is -0.348 e. The third-order valence-electron chi connectivity index (χ3n) is 2.39. The van der Waals surface area contributed by atoms with Crippen LogP contribution in [0.1, 0.15) is 24.4 Å². The summed E-state index contributed by atoms with van der Waals surface area (Å²) in [6, 6.07) is 0.0225. The smallest absolute Gasteiger partial charge is 0.0948 e. The number of aromatic nitrogens is 4. The van der Waals surface area contributed by atoms with E-state index in [1.165, 1.54) is 0 Å². The molecular weight excluding hydrogens is 190 g/mol. The zero-order valence-corrected chi connectivity index (χ0v) is 8.72. The van der Waals surface area contributed by atoms with E-state index in [-0.39, 0.29) is 6.04 Å². The molecular formula is C10H15N5. The van der Waals surface area contributed by atoms with Crippen molar-refractivity contribution in [2.75, 3.05) is 0 Å². The monoisotopic (exact) mass is 205 g/mol. The third-order valence-corrected chi connectivity index (χ3v) is 2.39. The predicted molar refractivity (Wildman–Crippen MR) is 57.1 cm³/mol. The molecule has 1 atom stereocenters. The molecule has 0 radical (unpaired) electrons. The van der Waals surface area contributed by atoms with Crippen LogP contribution in [0.2, 0.25) is 0 Å². The van der Waals surface area contributed by atoms with Gasteiger partial charge in [0.05, 0.1) is 18.3 Å². The Morgan fingerprint density at radius 3 is 3.00 bits per heavy atom. The van der Waals surface area contributed by atoms with E-state index in [0.717, 1.165) is 24.4 Å². The number of H-pyrrole nitrogens is 1. The summed E-state index contributed by atoms with van der Waals surface area (Å²) in [6.45, 7) is 2.84. The Morgan fingerprint density at radius 1 is 1.47 bits per heavy atom. The Hall–Kier alpha value is -1.62. The fourth-order valence-electron chi connectivity index (χ4n) is 1.56. The minimum absolute atomic E-state index is 0.0225. The highest BCUT2D eigenvalue weighted by Gasteiger charge is 2.06. The molecule has 15 heavy (non-hydrogen) atoms. The number of nitrogens with one attached hydrogen (secondary N) is 1. The summed E-state index contributed by atoms with van der Waals surface area (Å²) < 4.78 is 2.07. The molecule has 3 N–H and O–H groups in total. The first-order valence-electron chi connectivity index (χ1n) is 5.00. The van der Waals surface area contributed by atoms with E-state index in [4.69, 9.17) is 5.73 Å². The minimum atomic E-state index is 0.0225. The molecule has 0 bridgehead atoms. The molecule has 1 unspecified atom stereocenters. The van der Waals surface area contributed by atoms with Crippen LogP contribution in [0.3, 0.4) is 0 Å². The first-order valence-corrected chi connectivity index (χ1v) is 5.00. The zero-order chi connectivity index (χ0) is 10.7. The summed E-state index contributed by atoms with van der Waals surface area (Å²) in [7, 11) is 0. The van der Waals surface area contributed by atoms with Gasteiger partial charge in [-0.2, -0.15) is 0 Å². The van der Waals surface area contributed by atoms with Crippen molar-refractivity contribution in [3.05, 3.63) is 36.4 Å². The fourth-order valence-corrected chi connectivity index (χ4v) is 1.56. The zero-order valence-electron chi connectivity index (χ0n) is 8.72. The number of aryl methyl sites for hydroxylation is 2. The topological polar surface area (TPSA) is 72.5 Å². The van der Waals surface area contributed by atoms with Gasteiger partial charge in [0, 0.05) is 37.1 Å². The van der Waals surface area contributed by atoms with Crippen LogP contribution in [0.25, 0.3) is 0 Å².